The lowest BCUT2D eigenvalue weighted by Crippen LogP contribution is -2.54. The average molecular weight is 452 g/mol. The number of likely N-dealkylation sites (tertiary alicyclic amines) is 1. The number of fused-ring (bicyclic) bond motifs is 4. The van der Waals surface area contributed by atoms with Crippen molar-refractivity contribution in [2.24, 2.45) is 0 Å². The zero-order valence-electron chi connectivity index (χ0n) is 16.4. The van der Waals surface area contributed by atoms with Crippen molar-refractivity contribution in [2.45, 2.75) is 30.9 Å². The third-order valence-corrected chi connectivity index (χ3v) is 6.73. The number of benzene rings is 2. The van der Waals surface area contributed by atoms with Crippen molar-refractivity contribution < 1.29 is 5.11 Å². The van der Waals surface area contributed by atoms with Crippen LogP contribution in [-0.2, 0) is 12.0 Å². The fourth-order valence-corrected chi connectivity index (χ4v) is 5.22. The van der Waals surface area contributed by atoms with E-state index in [1.807, 2.05) is 12.1 Å². The molecule has 2 atom stereocenters. The molecule has 1 spiro atoms. The summed E-state index contributed by atoms with van der Waals surface area (Å²) in [5, 5.41) is 14.6. The number of hydrogen-bond donors (Lipinski definition) is 2. The van der Waals surface area contributed by atoms with Crippen LogP contribution in [0.5, 0.6) is 0 Å². The van der Waals surface area contributed by atoms with Crippen LogP contribution in [0.15, 0.2) is 71.3 Å². The summed E-state index contributed by atoms with van der Waals surface area (Å²) in [6.07, 6.45) is 4.70. The molecule has 1 saturated heterocycles. The molecule has 5 rings (SSSR count). The zero-order valence-corrected chi connectivity index (χ0v) is 18.0. The van der Waals surface area contributed by atoms with E-state index in [4.69, 9.17) is 0 Å². The van der Waals surface area contributed by atoms with E-state index in [-0.39, 0.29) is 11.6 Å². The smallest absolute Gasteiger partial charge is 0.0908 e. The van der Waals surface area contributed by atoms with E-state index in [0.29, 0.717) is 13.0 Å². The molecule has 2 aliphatic rings. The molecule has 5 heteroatoms. The van der Waals surface area contributed by atoms with Crippen LogP contribution in [-0.4, -0.2) is 40.3 Å². The van der Waals surface area contributed by atoms with Gasteiger partial charge in [0.05, 0.1) is 23.0 Å². The molecule has 2 N–H and O–H groups in total. The Labute approximate surface area is 180 Å². The van der Waals surface area contributed by atoms with Gasteiger partial charge in [-0.05, 0) is 67.8 Å². The molecule has 0 amide bonds. The molecular formula is C24H26BrN3O. The third kappa shape index (κ3) is 3.63. The van der Waals surface area contributed by atoms with E-state index >= 15 is 0 Å². The Hall–Kier alpha value is -2.08. The van der Waals surface area contributed by atoms with Crippen LogP contribution < -0.4 is 5.32 Å². The Morgan fingerprint density at radius 1 is 1.07 bits per heavy atom. The van der Waals surface area contributed by atoms with Crippen molar-refractivity contribution in [1.29, 1.82) is 0 Å². The number of β-amino-alcohol motifs (C(OH)–C–C–N with tert-alkyl or cyclic N) is 1. The van der Waals surface area contributed by atoms with E-state index in [0.717, 1.165) is 30.4 Å². The highest BCUT2D eigenvalue weighted by atomic mass is 79.9. The molecule has 3 aromatic rings. The van der Waals surface area contributed by atoms with Gasteiger partial charge in [0, 0.05) is 29.5 Å². The molecular weight excluding hydrogens is 426 g/mol. The van der Waals surface area contributed by atoms with Crippen LogP contribution in [0.2, 0.25) is 0 Å². The van der Waals surface area contributed by atoms with Crippen molar-refractivity contribution >= 4 is 21.6 Å². The lowest BCUT2D eigenvalue weighted by Gasteiger charge is -2.47. The van der Waals surface area contributed by atoms with Gasteiger partial charge in [-0.25, -0.2) is 0 Å². The molecule has 0 unspecified atom stereocenters. The summed E-state index contributed by atoms with van der Waals surface area (Å²) in [6, 6.07) is 21.1. The Kier molecular flexibility index (Phi) is 4.98. The van der Waals surface area contributed by atoms with Gasteiger partial charge in [0.25, 0.3) is 0 Å². The van der Waals surface area contributed by atoms with Gasteiger partial charge in [0.15, 0.2) is 0 Å². The standard InChI is InChI=1S/C24H26BrN3O/c25-19-10-8-18(9-11-19)15-20(29)16-27-13-4-12-24(17-27)23-7-3-14-28(23)22-6-2-1-5-21(22)26-24/h1-3,5-11,14,20,26,29H,4,12-13,15-17H2/t20-,24+/m0/s1. The minimum absolute atomic E-state index is 0.104. The summed E-state index contributed by atoms with van der Waals surface area (Å²) in [4.78, 5) is 2.42. The molecule has 2 aliphatic heterocycles. The second kappa shape index (κ2) is 7.63. The maximum Gasteiger partial charge on any atom is 0.0908 e. The first-order chi connectivity index (χ1) is 14.1. The number of aromatic nitrogens is 1. The Morgan fingerprint density at radius 2 is 1.90 bits per heavy atom. The molecule has 1 aromatic heterocycles. The van der Waals surface area contributed by atoms with Gasteiger partial charge in [0.1, 0.15) is 0 Å². The number of piperidine rings is 1. The molecule has 150 valence electrons. The van der Waals surface area contributed by atoms with Gasteiger partial charge >= 0.3 is 0 Å². The minimum atomic E-state index is -0.367. The second-order valence-electron chi connectivity index (χ2n) is 8.31. The summed E-state index contributed by atoms with van der Waals surface area (Å²) < 4.78 is 3.40. The normalized spacial score (nSPS) is 22.0. The summed E-state index contributed by atoms with van der Waals surface area (Å²) in [5.74, 6) is 0. The molecule has 0 saturated carbocycles. The van der Waals surface area contributed by atoms with Crippen molar-refractivity contribution in [1.82, 2.24) is 9.47 Å². The molecule has 4 nitrogen and oxygen atoms in total. The van der Waals surface area contributed by atoms with Crippen LogP contribution in [0.3, 0.4) is 0 Å². The number of aliphatic hydroxyl groups excluding tert-OH is 1. The Morgan fingerprint density at radius 3 is 2.76 bits per heavy atom. The van der Waals surface area contributed by atoms with Crippen LogP contribution in [0.1, 0.15) is 24.1 Å². The monoisotopic (exact) mass is 451 g/mol. The molecule has 0 bridgehead atoms. The maximum absolute atomic E-state index is 10.7. The second-order valence-corrected chi connectivity index (χ2v) is 9.23. The van der Waals surface area contributed by atoms with Crippen LogP contribution in [0.4, 0.5) is 5.69 Å². The Bertz CT molecular complexity index is 999. The minimum Gasteiger partial charge on any atom is -0.391 e. The Balaban J connectivity index is 1.34. The van der Waals surface area contributed by atoms with Gasteiger partial charge in [0.2, 0.25) is 0 Å². The largest absolute Gasteiger partial charge is 0.391 e. The molecule has 3 heterocycles. The maximum atomic E-state index is 10.7. The van der Waals surface area contributed by atoms with Crippen molar-refractivity contribution in [3.05, 3.63) is 82.6 Å². The quantitative estimate of drug-likeness (QED) is 0.610. The summed E-state index contributed by atoms with van der Waals surface area (Å²) in [5.41, 5.74) is 4.79. The van der Waals surface area contributed by atoms with E-state index in [1.165, 1.54) is 22.6 Å². The number of aliphatic hydroxyl groups is 1. The number of nitrogens with one attached hydrogen (secondary N) is 1. The number of nitrogens with zero attached hydrogens (tertiary/aromatic N) is 2. The predicted molar refractivity (Wildman–Crippen MR) is 121 cm³/mol. The number of hydrogen-bond acceptors (Lipinski definition) is 3. The summed E-state index contributed by atoms with van der Waals surface area (Å²) in [6.45, 7) is 2.63. The van der Waals surface area contributed by atoms with Gasteiger partial charge in [-0.2, -0.15) is 0 Å². The number of anilines is 1. The first-order valence-electron chi connectivity index (χ1n) is 10.3. The first kappa shape index (κ1) is 18.9. The topological polar surface area (TPSA) is 40.4 Å². The van der Waals surface area contributed by atoms with E-state index in [2.05, 4.69) is 85.4 Å². The van der Waals surface area contributed by atoms with E-state index in [9.17, 15) is 5.11 Å². The first-order valence-corrected chi connectivity index (χ1v) is 11.1. The average Bonchev–Trinajstić information content (AvgIpc) is 3.21. The SMILES string of the molecule is O[C@@H](Cc1ccc(Br)cc1)CN1CCC[C@]2(C1)Nc1ccccc1-n1cccc12. The molecule has 0 aliphatic carbocycles. The van der Waals surface area contributed by atoms with Crippen LogP contribution >= 0.6 is 15.9 Å². The van der Waals surface area contributed by atoms with Crippen molar-refractivity contribution in [2.75, 3.05) is 25.0 Å². The van der Waals surface area contributed by atoms with E-state index in [1.54, 1.807) is 0 Å². The van der Waals surface area contributed by atoms with Gasteiger partial charge in [-0.3, -0.25) is 4.90 Å². The highest BCUT2D eigenvalue weighted by Gasteiger charge is 2.42. The molecule has 1 fully saturated rings. The molecule has 0 radical (unpaired) electrons. The highest BCUT2D eigenvalue weighted by molar-refractivity contribution is 9.10. The van der Waals surface area contributed by atoms with Gasteiger partial charge in [-0.15, -0.1) is 0 Å². The summed E-state index contributed by atoms with van der Waals surface area (Å²) in [7, 11) is 0. The van der Waals surface area contributed by atoms with E-state index < -0.39 is 0 Å². The van der Waals surface area contributed by atoms with Gasteiger partial charge < -0.3 is 15.0 Å². The van der Waals surface area contributed by atoms with Crippen LogP contribution in [0.25, 0.3) is 5.69 Å². The van der Waals surface area contributed by atoms with Crippen LogP contribution in [0, 0.1) is 0 Å². The summed E-state index contributed by atoms with van der Waals surface area (Å²) >= 11 is 3.47. The van der Waals surface area contributed by atoms with Gasteiger partial charge in [-0.1, -0.05) is 40.2 Å². The number of rotatable bonds is 4. The lowest BCUT2D eigenvalue weighted by atomic mass is 9.83. The van der Waals surface area contributed by atoms with Crippen molar-refractivity contribution in [3.8, 4) is 5.69 Å². The number of halogens is 1. The molecule has 29 heavy (non-hydrogen) atoms. The predicted octanol–water partition coefficient (Wildman–Crippen LogP) is 4.56. The highest BCUT2D eigenvalue weighted by Crippen LogP contribution is 2.42. The lowest BCUT2D eigenvalue weighted by molar-refractivity contribution is 0.0782. The fraction of sp³-hybridized carbons (Fsp3) is 0.333. The van der Waals surface area contributed by atoms with Crippen molar-refractivity contribution in [3.63, 3.8) is 0 Å². The molecule has 2 aromatic carbocycles. The zero-order chi connectivity index (χ0) is 19.8. The third-order valence-electron chi connectivity index (χ3n) is 6.20. The fourth-order valence-electron chi connectivity index (χ4n) is 4.96. The number of para-hydroxylation sites is 2.